The van der Waals surface area contributed by atoms with Crippen LogP contribution in [-0.2, 0) is 11.9 Å². The van der Waals surface area contributed by atoms with Crippen molar-refractivity contribution in [2.75, 3.05) is 6.61 Å². The smallest absolute Gasteiger partial charge is 0.0712 e. The molecule has 12 heavy (non-hydrogen) atoms. The summed E-state index contributed by atoms with van der Waals surface area (Å²) in [5, 5.41) is 4.07. The van der Waals surface area contributed by atoms with Crippen molar-refractivity contribution in [1.29, 1.82) is 0 Å². The van der Waals surface area contributed by atoms with Crippen LogP contribution in [0.5, 0.6) is 0 Å². The van der Waals surface area contributed by atoms with E-state index < -0.39 is 0 Å². The van der Waals surface area contributed by atoms with E-state index in [0.717, 1.165) is 5.69 Å². The number of aryl methyl sites for hydroxylation is 1. The van der Waals surface area contributed by atoms with Gasteiger partial charge >= 0.3 is 0 Å². The zero-order valence-electron chi connectivity index (χ0n) is 7.74. The van der Waals surface area contributed by atoms with Crippen LogP contribution in [0.1, 0.15) is 25.6 Å². The molecule has 0 saturated carbocycles. The standard InChI is InChI=1S/C8H15N3O/c1-4-12-10-7(2)8-5-6-9-11(8)3/h5-7,10H,4H2,1-3H3. The lowest BCUT2D eigenvalue weighted by atomic mass is 10.2. The van der Waals surface area contributed by atoms with Gasteiger partial charge in [-0.05, 0) is 19.9 Å². The second-order valence-electron chi connectivity index (χ2n) is 2.65. The summed E-state index contributed by atoms with van der Waals surface area (Å²) in [6.45, 7) is 4.65. The molecular formula is C8H15N3O. The van der Waals surface area contributed by atoms with Crippen LogP contribution >= 0.6 is 0 Å². The Labute approximate surface area is 72.5 Å². The summed E-state index contributed by atoms with van der Waals surface area (Å²) in [7, 11) is 1.92. The Morgan fingerprint density at radius 2 is 2.50 bits per heavy atom. The van der Waals surface area contributed by atoms with Crippen molar-refractivity contribution in [2.24, 2.45) is 7.05 Å². The van der Waals surface area contributed by atoms with E-state index in [0.29, 0.717) is 6.61 Å². The van der Waals surface area contributed by atoms with Gasteiger partial charge in [-0.1, -0.05) is 0 Å². The first-order valence-corrected chi connectivity index (χ1v) is 4.11. The van der Waals surface area contributed by atoms with Crippen molar-refractivity contribution < 1.29 is 4.84 Å². The predicted molar refractivity (Wildman–Crippen MR) is 46.4 cm³/mol. The summed E-state index contributed by atoms with van der Waals surface area (Å²) < 4.78 is 1.83. The third-order valence-corrected chi connectivity index (χ3v) is 1.71. The Bertz CT molecular complexity index is 234. The molecule has 0 saturated heterocycles. The predicted octanol–water partition coefficient (Wildman–Crippen LogP) is 1.02. The van der Waals surface area contributed by atoms with Crippen molar-refractivity contribution in [3.8, 4) is 0 Å². The van der Waals surface area contributed by atoms with Crippen LogP contribution in [0.4, 0.5) is 0 Å². The van der Waals surface area contributed by atoms with E-state index in [1.807, 2.05) is 31.6 Å². The average Bonchev–Trinajstić information content (AvgIpc) is 2.47. The van der Waals surface area contributed by atoms with Crippen LogP contribution < -0.4 is 5.48 Å². The van der Waals surface area contributed by atoms with Gasteiger partial charge in [0.25, 0.3) is 0 Å². The van der Waals surface area contributed by atoms with Crippen molar-refractivity contribution >= 4 is 0 Å². The summed E-state index contributed by atoms with van der Waals surface area (Å²) >= 11 is 0. The summed E-state index contributed by atoms with van der Waals surface area (Å²) in [4.78, 5) is 5.08. The van der Waals surface area contributed by atoms with Crippen LogP contribution in [0.25, 0.3) is 0 Å². The van der Waals surface area contributed by atoms with Gasteiger partial charge in [0, 0.05) is 13.2 Å². The Hall–Kier alpha value is -0.870. The molecule has 1 rings (SSSR count). The maximum atomic E-state index is 5.08. The Kier molecular flexibility index (Phi) is 3.25. The van der Waals surface area contributed by atoms with Crippen molar-refractivity contribution in [3.05, 3.63) is 18.0 Å². The molecule has 0 aliphatic rings. The molecule has 0 aliphatic carbocycles. The Morgan fingerprint density at radius 1 is 1.75 bits per heavy atom. The molecule has 1 aromatic heterocycles. The molecule has 1 N–H and O–H groups in total. The molecule has 0 radical (unpaired) electrons. The molecular weight excluding hydrogens is 154 g/mol. The van der Waals surface area contributed by atoms with Crippen LogP contribution in [0.2, 0.25) is 0 Å². The van der Waals surface area contributed by atoms with E-state index in [4.69, 9.17) is 4.84 Å². The second-order valence-corrected chi connectivity index (χ2v) is 2.65. The maximum Gasteiger partial charge on any atom is 0.0712 e. The lowest BCUT2D eigenvalue weighted by Crippen LogP contribution is -2.21. The number of nitrogens with zero attached hydrogens (tertiary/aromatic N) is 2. The third kappa shape index (κ3) is 2.06. The quantitative estimate of drug-likeness (QED) is 0.684. The summed E-state index contributed by atoms with van der Waals surface area (Å²) in [6.07, 6.45) is 1.78. The summed E-state index contributed by atoms with van der Waals surface area (Å²) in [5.74, 6) is 0. The van der Waals surface area contributed by atoms with Crippen molar-refractivity contribution in [2.45, 2.75) is 19.9 Å². The molecule has 1 unspecified atom stereocenters. The minimum atomic E-state index is 0.178. The molecule has 0 bridgehead atoms. The second kappa shape index (κ2) is 4.23. The average molecular weight is 169 g/mol. The van der Waals surface area contributed by atoms with Crippen molar-refractivity contribution in [3.63, 3.8) is 0 Å². The topological polar surface area (TPSA) is 39.1 Å². The number of hydrogen-bond donors (Lipinski definition) is 1. The first kappa shape index (κ1) is 9.22. The zero-order chi connectivity index (χ0) is 8.97. The van der Waals surface area contributed by atoms with E-state index in [1.54, 1.807) is 6.20 Å². The SMILES string of the molecule is CCONC(C)c1ccnn1C. The van der Waals surface area contributed by atoms with Gasteiger partial charge in [0.05, 0.1) is 18.3 Å². The van der Waals surface area contributed by atoms with Crippen LogP contribution in [0.15, 0.2) is 12.3 Å². The highest BCUT2D eigenvalue weighted by Gasteiger charge is 2.07. The Balaban J connectivity index is 2.52. The van der Waals surface area contributed by atoms with Gasteiger partial charge in [-0.15, -0.1) is 0 Å². The molecule has 68 valence electrons. The highest BCUT2D eigenvalue weighted by molar-refractivity contribution is 5.04. The monoisotopic (exact) mass is 169 g/mol. The van der Waals surface area contributed by atoms with E-state index in [9.17, 15) is 0 Å². The van der Waals surface area contributed by atoms with E-state index in [1.165, 1.54) is 0 Å². The molecule has 0 spiro atoms. The fourth-order valence-corrected chi connectivity index (χ4v) is 1.08. The van der Waals surface area contributed by atoms with Gasteiger partial charge < -0.3 is 4.84 Å². The highest BCUT2D eigenvalue weighted by Crippen LogP contribution is 2.09. The Morgan fingerprint density at radius 3 is 3.00 bits per heavy atom. The number of hydroxylamine groups is 1. The minimum Gasteiger partial charge on any atom is -0.301 e. The number of nitrogens with one attached hydrogen (secondary N) is 1. The maximum absolute atomic E-state index is 5.08. The number of rotatable bonds is 4. The van der Waals surface area contributed by atoms with Crippen LogP contribution in [-0.4, -0.2) is 16.4 Å². The minimum absolute atomic E-state index is 0.178. The van der Waals surface area contributed by atoms with Gasteiger partial charge in [-0.3, -0.25) is 4.68 Å². The molecule has 4 heteroatoms. The van der Waals surface area contributed by atoms with Crippen LogP contribution in [0.3, 0.4) is 0 Å². The lowest BCUT2D eigenvalue weighted by molar-refractivity contribution is 0.0267. The molecule has 0 aliphatic heterocycles. The third-order valence-electron chi connectivity index (χ3n) is 1.71. The van der Waals surface area contributed by atoms with E-state index in [-0.39, 0.29) is 6.04 Å². The zero-order valence-corrected chi connectivity index (χ0v) is 7.74. The summed E-state index contributed by atoms with van der Waals surface area (Å²) in [6, 6.07) is 2.15. The lowest BCUT2D eigenvalue weighted by Gasteiger charge is -2.12. The van der Waals surface area contributed by atoms with Gasteiger partial charge in [0.2, 0.25) is 0 Å². The molecule has 1 heterocycles. The number of aromatic nitrogens is 2. The van der Waals surface area contributed by atoms with Crippen molar-refractivity contribution in [1.82, 2.24) is 15.3 Å². The van der Waals surface area contributed by atoms with E-state index in [2.05, 4.69) is 10.6 Å². The first-order chi connectivity index (χ1) is 5.75. The molecule has 0 aromatic carbocycles. The van der Waals surface area contributed by atoms with Gasteiger partial charge in [0.1, 0.15) is 0 Å². The number of hydrogen-bond acceptors (Lipinski definition) is 3. The normalized spacial score (nSPS) is 13.2. The molecule has 1 atom stereocenters. The summed E-state index contributed by atoms with van der Waals surface area (Å²) in [5.41, 5.74) is 4.03. The van der Waals surface area contributed by atoms with Gasteiger partial charge in [-0.25, -0.2) is 0 Å². The fraction of sp³-hybridized carbons (Fsp3) is 0.625. The molecule has 4 nitrogen and oxygen atoms in total. The fourth-order valence-electron chi connectivity index (χ4n) is 1.08. The van der Waals surface area contributed by atoms with Crippen LogP contribution in [0, 0.1) is 0 Å². The molecule has 0 fully saturated rings. The van der Waals surface area contributed by atoms with Gasteiger partial charge in [-0.2, -0.15) is 10.6 Å². The van der Waals surface area contributed by atoms with Gasteiger partial charge in [0.15, 0.2) is 0 Å². The molecule has 1 aromatic rings. The highest BCUT2D eigenvalue weighted by atomic mass is 16.6. The molecule has 0 amide bonds. The largest absolute Gasteiger partial charge is 0.301 e. The first-order valence-electron chi connectivity index (χ1n) is 4.11. The van der Waals surface area contributed by atoms with E-state index >= 15 is 0 Å².